The van der Waals surface area contributed by atoms with Crippen molar-refractivity contribution in [2.75, 3.05) is 26.2 Å². The van der Waals surface area contributed by atoms with Gasteiger partial charge in [0, 0.05) is 0 Å². The maximum atomic E-state index is 13.2. The van der Waals surface area contributed by atoms with Crippen molar-refractivity contribution >= 4 is 11.7 Å². The standard InChI is InChI=1S/C18H23FN2O3/c1-4-20(5-2)10-11-21-16(13-6-8-14(19)9-7-13)15(12(3)22)17(23)18(21)24/h6-9,16,23H,4-5,10-11H2,1-3H3/p+1/t16-/m0/s1. The van der Waals surface area contributed by atoms with Crippen LogP contribution in [0.2, 0.25) is 0 Å². The largest absolute Gasteiger partial charge is 0.503 e. The van der Waals surface area contributed by atoms with E-state index in [1.165, 1.54) is 28.9 Å². The van der Waals surface area contributed by atoms with Crippen LogP contribution in [0, 0.1) is 5.82 Å². The third kappa shape index (κ3) is 3.48. The Morgan fingerprint density at radius 1 is 1.25 bits per heavy atom. The summed E-state index contributed by atoms with van der Waals surface area (Å²) in [4.78, 5) is 27.2. The molecule has 130 valence electrons. The van der Waals surface area contributed by atoms with Crippen LogP contribution in [0.1, 0.15) is 32.4 Å². The van der Waals surface area contributed by atoms with Crippen molar-refractivity contribution in [2.24, 2.45) is 0 Å². The fraction of sp³-hybridized carbons (Fsp3) is 0.444. The molecule has 0 aromatic heterocycles. The van der Waals surface area contributed by atoms with Crippen LogP contribution in [-0.2, 0) is 9.59 Å². The van der Waals surface area contributed by atoms with Gasteiger partial charge in [0.2, 0.25) is 0 Å². The van der Waals surface area contributed by atoms with Gasteiger partial charge in [-0.1, -0.05) is 12.1 Å². The Balaban J connectivity index is 2.36. The summed E-state index contributed by atoms with van der Waals surface area (Å²) < 4.78 is 13.2. The van der Waals surface area contributed by atoms with Crippen molar-refractivity contribution in [1.82, 2.24) is 4.90 Å². The smallest absolute Gasteiger partial charge is 0.290 e. The van der Waals surface area contributed by atoms with Gasteiger partial charge in [-0.05, 0) is 38.5 Å². The van der Waals surface area contributed by atoms with E-state index in [0.29, 0.717) is 12.1 Å². The first-order valence-electron chi connectivity index (χ1n) is 8.24. The summed E-state index contributed by atoms with van der Waals surface area (Å²) in [5.74, 6) is -1.78. The molecule has 0 radical (unpaired) electrons. The van der Waals surface area contributed by atoms with Gasteiger partial charge in [0.1, 0.15) is 5.82 Å². The van der Waals surface area contributed by atoms with Crippen LogP contribution in [0.15, 0.2) is 35.6 Å². The summed E-state index contributed by atoms with van der Waals surface area (Å²) in [5, 5.41) is 10.2. The molecule has 1 aliphatic rings. The maximum Gasteiger partial charge on any atom is 0.290 e. The topological polar surface area (TPSA) is 62.1 Å². The molecule has 0 spiro atoms. The van der Waals surface area contributed by atoms with E-state index in [0.717, 1.165) is 19.6 Å². The second-order valence-electron chi connectivity index (χ2n) is 5.98. The zero-order valence-electron chi connectivity index (χ0n) is 14.3. The second-order valence-corrected chi connectivity index (χ2v) is 5.98. The lowest BCUT2D eigenvalue weighted by atomic mass is 9.97. The number of halogens is 1. The van der Waals surface area contributed by atoms with Gasteiger partial charge in [0.15, 0.2) is 11.5 Å². The zero-order valence-corrected chi connectivity index (χ0v) is 14.3. The summed E-state index contributed by atoms with van der Waals surface area (Å²) in [6.45, 7) is 8.46. The third-order valence-corrected chi connectivity index (χ3v) is 4.57. The number of ketones is 1. The molecule has 5 nitrogen and oxygen atoms in total. The van der Waals surface area contributed by atoms with E-state index >= 15 is 0 Å². The molecule has 0 bridgehead atoms. The number of benzene rings is 1. The number of likely N-dealkylation sites (N-methyl/N-ethyl adjacent to an activating group) is 1. The predicted molar refractivity (Wildman–Crippen MR) is 88.1 cm³/mol. The number of hydrogen-bond donors (Lipinski definition) is 2. The van der Waals surface area contributed by atoms with E-state index in [-0.39, 0.29) is 17.2 Å². The molecule has 1 heterocycles. The number of hydrogen-bond acceptors (Lipinski definition) is 3. The summed E-state index contributed by atoms with van der Waals surface area (Å²) in [5.41, 5.74) is 0.703. The number of carbonyl (C=O) groups excluding carboxylic acids is 2. The number of nitrogens with zero attached hydrogens (tertiary/aromatic N) is 1. The zero-order chi connectivity index (χ0) is 17.9. The molecule has 1 aromatic rings. The number of Topliss-reactive ketones (excluding diaryl/α,β-unsaturated/α-hetero) is 1. The lowest BCUT2D eigenvalue weighted by molar-refractivity contribution is -0.895. The highest BCUT2D eigenvalue weighted by Gasteiger charge is 2.42. The molecule has 0 saturated carbocycles. The number of nitrogens with one attached hydrogen (secondary N) is 1. The number of carbonyl (C=O) groups is 2. The van der Waals surface area contributed by atoms with Crippen LogP contribution in [0.4, 0.5) is 4.39 Å². The highest BCUT2D eigenvalue weighted by Crippen LogP contribution is 2.37. The highest BCUT2D eigenvalue weighted by atomic mass is 19.1. The Hall–Kier alpha value is -2.21. The van der Waals surface area contributed by atoms with Crippen LogP contribution in [0.5, 0.6) is 0 Å². The number of rotatable bonds is 7. The molecular formula is C18H24FN2O3+. The third-order valence-electron chi connectivity index (χ3n) is 4.57. The van der Waals surface area contributed by atoms with Crippen molar-refractivity contribution in [3.8, 4) is 0 Å². The van der Waals surface area contributed by atoms with Gasteiger partial charge < -0.3 is 14.9 Å². The van der Waals surface area contributed by atoms with Gasteiger partial charge in [0.25, 0.3) is 5.91 Å². The van der Waals surface area contributed by atoms with Crippen LogP contribution >= 0.6 is 0 Å². The molecule has 0 aliphatic carbocycles. The first-order valence-corrected chi connectivity index (χ1v) is 8.24. The van der Waals surface area contributed by atoms with E-state index in [1.54, 1.807) is 12.1 Å². The molecule has 1 amide bonds. The summed E-state index contributed by atoms with van der Waals surface area (Å²) in [7, 11) is 0. The Labute approximate surface area is 141 Å². The molecule has 6 heteroatoms. The van der Waals surface area contributed by atoms with Crippen molar-refractivity contribution in [3.63, 3.8) is 0 Å². The molecule has 1 atom stereocenters. The number of aliphatic hydroxyl groups is 1. The normalized spacial score (nSPS) is 18.0. The second kappa shape index (κ2) is 7.57. The molecule has 0 saturated heterocycles. The lowest BCUT2D eigenvalue weighted by Gasteiger charge is -2.28. The molecule has 2 N–H and O–H groups in total. The first-order chi connectivity index (χ1) is 11.4. The van der Waals surface area contributed by atoms with Gasteiger partial charge >= 0.3 is 0 Å². The van der Waals surface area contributed by atoms with E-state index in [2.05, 4.69) is 13.8 Å². The van der Waals surface area contributed by atoms with Crippen LogP contribution in [-0.4, -0.2) is 47.9 Å². The minimum atomic E-state index is -0.662. The van der Waals surface area contributed by atoms with Crippen molar-refractivity contribution in [3.05, 3.63) is 47.0 Å². The number of amides is 1. The molecule has 1 aliphatic heterocycles. The Bertz CT molecular complexity index is 651. The molecule has 0 fully saturated rings. The first kappa shape index (κ1) is 18.1. The van der Waals surface area contributed by atoms with E-state index in [9.17, 15) is 19.1 Å². The molecule has 24 heavy (non-hydrogen) atoms. The number of aliphatic hydroxyl groups excluding tert-OH is 1. The lowest BCUT2D eigenvalue weighted by Crippen LogP contribution is -3.12. The monoisotopic (exact) mass is 335 g/mol. The summed E-state index contributed by atoms with van der Waals surface area (Å²) in [6, 6.07) is 5.02. The number of quaternary nitrogens is 1. The maximum absolute atomic E-state index is 13.2. The van der Waals surface area contributed by atoms with Gasteiger partial charge in [-0.25, -0.2) is 4.39 Å². The highest BCUT2D eigenvalue weighted by molar-refractivity contribution is 6.08. The molecule has 1 aromatic carbocycles. The molecule has 2 rings (SSSR count). The van der Waals surface area contributed by atoms with Crippen LogP contribution in [0.3, 0.4) is 0 Å². The average molecular weight is 335 g/mol. The van der Waals surface area contributed by atoms with Gasteiger partial charge in [-0.2, -0.15) is 0 Å². The van der Waals surface area contributed by atoms with E-state index in [1.807, 2.05) is 0 Å². The minimum absolute atomic E-state index is 0.0844. The van der Waals surface area contributed by atoms with Gasteiger partial charge in [-0.15, -0.1) is 0 Å². The minimum Gasteiger partial charge on any atom is -0.503 e. The summed E-state index contributed by atoms with van der Waals surface area (Å²) in [6.07, 6.45) is 0. The Morgan fingerprint density at radius 2 is 1.83 bits per heavy atom. The quantitative estimate of drug-likeness (QED) is 0.782. The Morgan fingerprint density at radius 3 is 2.33 bits per heavy atom. The predicted octanol–water partition coefficient (Wildman–Crippen LogP) is 1.03. The molecule has 0 unspecified atom stereocenters. The Kier molecular flexibility index (Phi) is 5.72. The van der Waals surface area contributed by atoms with Crippen molar-refractivity contribution in [2.45, 2.75) is 26.8 Å². The fourth-order valence-corrected chi connectivity index (χ4v) is 3.12. The molecular weight excluding hydrogens is 311 g/mol. The SMILES string of the molecule is CC[NH+](CC)CCN1C(=O)C(O)=C(C(C)=O)[C@@H]1c1ccc(F)cc1. The van der Waals surface area contributed by atoms with Gasteiger partial charge in [0.05, 0.1) is 37.8 Å². The summed E-state index contributed by atoms with van der Waals surface area (Å²) >= 11 is 0. The van der Waals surface area contributed by atoms with Crippen LogP contribution in [0.25, 0.3) is 0 Å². The van der Waals surface area contributed by atoms with Crippen LogP contribution < -0.4 is 4.90 Å². The average Bonchev–Trinajstić information content (AvgIpc) is 2.81. The van der Waals surface area contributed by atoms with Gasteiger partial charge in [-0.3, -0.25) is 9.59 Å². The van der Waals surface area contributed by atoms with E-state index in [4.69, 9.17) is 0 Å². The fourth-order valence-electron chi connectivity index (χ4n) is 3.12. The van der Waals surface area contributed by atoms with E-state index < -0.39 is 17.7 Å². The van der Waals surface area contributed by atoms with Crippen molar-refractivity contribution < 1.29 is 24.0 Å². The van der Waals surface area contributed by atoms with Crippen molar-refractivity contribution in [1.29, 1.82) is 0 Å².